The van der Waals surface area contributed by atoms with Crippen molar-refractivity contribution in [3.63, 3.8) is 0 Å². The van der Waals surface area contributed by atoms with Crippen molar-refractivity contribution in [1.29, 1.82) is 0 Å². The number of hydrogen-bond acceptors (Lipinski definition) is 3. The average molecular weight is 301 g/mol. The fraction of sp³-hybridized carbons (Fsp3) is 0.611. The van der Waals surface area contributed by atoms with Crippen molar-refractivity contribution in [2.45, 2.75) is 45.7 Å². The van der Waals surface area contributed by atoms with Crippen molar-refractivity contribution >= 4 is 11.6 Å². The van der Waals surface area contributed by atoms with Gasteiger partial charge in [-0.05, 0) is 43.0 Å². The summed E-state index contributed by atoms with van der Waals surface area (Å²) in [5, 5.41) is 2.90. The molecule has 0 spiro atoms. The van der Waals surface area contributed by atoms with Crippen molar-refractivity contribution < 1.29 is 4.79 Å². The predicted octanol–water partition coefficient (Wildman–Crippen LogP) is 2.17. The Hall–Kier alpha value is -1.55. The van der Waals surface area contributed by atoms with Gasteiger partial charge in [-0.1, -0.05) is 19.1 Å². The Morgan fingerprint density at radius 1 is 1.27 bits per heavy atom. The molecule has 120 valence electrons. The van der Waals surface area contributed by atoms with Crippen molar-refractivity contribution in [3.05, 3.63) is 29.3 Å². The van der Waals surface area contributed by atoms with Crippen molar-refractivity contribution in [2.24, 2.45) is 0 Å². The largest absolute Gasteiger partial charge is 0.368 e. The number of benzene rings is 1. The van der Waals surface area contributed by atoms with Gasteiger partial charge < -0.3 is 15.1 Å². The fourth-order valence-corrected chi connectivity index (χ4v) is 3.71. The highest BCUT2D eigenvalue weighted by atomic mass is 16.1. The standard InChI is InChI=1S/C18H27N3O/c1-3-20-9-7-17(8-10-20)21-11-6-16-5-4-15(12-18(16)21)13-19-14(2)22/h4-5,12,17H,3,6-11,13H2,1-2H3,(H,19,22). The minimum Gasteiger partial charge on any atom is -0.368 e. The van der Waals surface area contributed by atoms with Crippen LogP contribution in [0.25, 0.3) is 0 Å². The number of piperidine rings is 1. The number of anilines is 1. The third kappa shape index (κ3) is 3.27. The number of nitrogens with one attached hydrogen (secondary N) is 1. The van der Waals surface area contributed by atoms with Gasteiger partial charge in [0.15, 0.2) is 0 Å². The number of nitrogens with zero attached hydrogens (tertiary/aromatic N) is 2. The lowest BCUT2D eigenvalue weighted by atomic mass is 10.0. The van der Waals surface area contributed by atoms with E-state index in [0.717, 1.165) is 13.0 Å². The van der Waals surface area contributed by atoms with Gasteiger partial charge in [-0.25, -0.2) is 0 Å². The molecule has 1 fully saturated rings. The van der Waals surface area contributed by atoms with Gasteiger partial charge in [-0.15, -0.1) is 0 Å². The topological polar surface area (TPSA) is 35.6 Å². The van der Waals surface area contributed by atoms with Gasteiger partial charge in [0.2, 0.25) is 5.91 Å². The van der Waals surface area contributed by atoms with Crippen LogP contribution < -0.4 is 10.2 Å². The van der Waals surface area contributed by atoms with Crippen LogP contribution in [0.3, 0.4) is 0 Å². The molecular formula is C18H27N3O. The first kappa shape index (κ1) is 15.3. The van der Waals surface area contributed by atoms with E-state index in [-0.39, 0.29) is 5.91 Å². The first-order valence-electron chi connectivity index (χ1n) is 8.52. The highest BCUT2D eigenvalue weighted by Crippen LogP contribution is 2.33. The lowest BCUT2D eigenvalue weighted by Crippen LogP contribution is -2.44. The van der Waals surface area contributed by atoms with Gasteiger partial charge in [0.1, 0.15) is 0 Å². The summed E-state index contributed by atoms with van der Waals surface area (Å²) >= 11 is 0. The Kier molecular flexibility index (Phi) is 4.67. The van der Waals surface area contributed by atoms with E-state index in [1.165, 1.54) is 49.3 Å². The van der Waals surface area contributed by atoms with Crippen LogP contribution in [0.4, 0.5) is 5.69 Å². The highest BCUT2D eigenvalue weighted by molar-refractivity contribution is 5.73. The summed E-state index contributed by atoms with van der Waals surface area (Å²) in [6.45, 7) is 9.21. The summed E-state index contributed by atoms with van der Waals surface area (Å²) in [6.07, 6.45) is 3.69. The second kappa shape index (κ2) is 6.69. The molecule has 1 amide bonds. The van der Waals surface area contributed by atoms with Crippen LogP contribution in [0.1, 0.15) is 37.8 Å². The lowest BCUT2D eigenvalue weighted by Gasteiger charge is -2.37. The van der Waals surface area contributed by atoms with Gasteiger partial charge in [-0.3, -0.25) is 4.79 Å². The summed E-state index contributed by atoms with van der Waals surface area (Å²) in [5.41, 5.74) is 4.06. The Balaban J connectivity index is 1.70. The van der Waals surface area contributed by atoms with E-state index < -0.39 is 0 Å². The smallest absolute Gasteiger partial charge is 0.217 e. The van der Waals surface area contributed by atoms with Crippen LogP contribution in [0.2, 0.25) is 0 Å². The van der Waals surface area contributed by atoms with Crippen LogP contribution in [-0.4, -0.2) is 43.0 Å². The summed E-state index contributed by atoms with van der Waals surface area (Å²) in [4.78, 5) is 16.2. The third-order valence-electron chi connectivity index (χ3n) is 5.07. The molecule has 0 bridgehead atoms. The minimum absolute atomic E-state index is 0.0318. The highest BCUT2D eigenvalue weighted by Gasteiger charge is 2.28. The lowest BCUT2D eigenvalue weighted by molar-refractivity contribution is -0.119. The first-order chi connectivity index (χ1) is 10.7. The maximum absolute atomic E-state index is 11.1. The van der Waals surface area contributed by atoms with E-state index in [0.29, 0.717) is 12.6 Å². The average Bonchev–Trinajstić information content (AvgIpc) is 2.96. The number of carbonyl (C=O) groups excluding carboxylic acids is 1. The van der Waals surface area contributed by atoms with E-state index in [9.17, 15) is 4.79 Å². The molecule has 22 heavy (non-hydrogen) atoms. The predicted molar refractivity (Wildman–Crippen MR) is 90.1 cm³/mol. The van der Waals surface area contributed by atoms with E-state index >= 15 is 0 Å². The number of fused-ring (bicyclic) bond motifs is 1. The van der Waals surface area contributed by atoms with Crippen molar-refractivity contribution in [3.8, 4) is 0 Å². The molecule has 3 rings (SSSR count). The van der Waals surface area contributed by atoms with Crippen LogP contribution in [0, 0.1) is 0 Å². The molecule has 0 saturated carbocycles. The molecule has 2 aliphatic heterocycles. The van der Waals surface area contributed by atoms with E-state index in [1.54, 1.807) is 6.92 Å². The Bertz CT molecular complexity index is 535. The molecular weight excluding hydrogens is 274 g/mol. The molecule has 0 unspecified atom stereocenters. The summed E-state index contributed by atoms with van der Waals surface area (Å²) in [6, 6.07) is 7.36. The molecule has 4 nitrogen and oxygen atoms in total. The first-order valence-corrected chi connectivity index (χ1v) is 8.52. The van der Waals surface area contributed by atoms with E-state index in [2.05, 4.69) is 40.2 Å². The Morgan fingerprint density at radius 2 is 2.05 bits per heavy atom. The maximum Gasteiger partial charge on any atom is 0.217 e. The number of likely N-dealkylation sites (tertiary alicyclic amines) is 1. The zero-order valence-corrected chi connectivity index (χ0v) is 13.8. The monoisotopic (exact) mass is 301 g/mol. The summed E-state index contributed by atoms with van der Waals surface area (Å²) in [7, 11) is 0. The van der Waals surface area contributed by atoms with Gasteiger partial charge in [0.05, 0.1) is 0 Å². The van der Waals surface area contributed by atoms with E-state index in [4.69, 9.17) is 0 Å². The second-order valence-corrected chi connectivity index (χ2v) is 6.48. The fourth-order valence-electron chi connectivity index (χ4n) is 3.71. The molecule has 4 heteroatoms. The quantitative estimate of drug-likeness (QED) is 0.926. The third-order valence-corrected chi connectivity index (χ3v) is 5.07. The second-order valence-electron chi connectivity index (χ2n) is 6.48. The van der Waals surface area contributed by atoms with Crippen molar-refractivity contribution in [1.82, 2.24) is 10.2 Å². The molecule has 2 heterocycles. The molecule has 0 radical (unpaired) electrons. The number of carbonyl (C=O) groups is 1. The zero-order valence-electron chi connectivity index (χ0n) is 13.8. The van der Waals surface area contributed by atoms with Gasteiger partial charge in [0, 0.05) is 44.8 Å². The Labute approximate surface area is 133 Å². The summed E-state index contributed by atoms with van der Waals surface area (Å²) < 4.78 is 0. The van der Waals surface area contributed by atoms with Gasteiger partial charge >= 0.3 is 0 Å². The van der Waals surface area contributed by atoms with Crippen LogP contribution in [0.15, 0.2) is 18.2 Å². The molecule has 2 aliphatic rings. The SMILES string of the molecule is CCN1CCC(N2CCc3ccc(CNC(C)=O)cc32)CC1. The van der Waals surface area contributed by atoms with Crippen LogP contribution in [-0.2, 0) is 17.8 Å². The molecule has 1 saturated heterocycles. The normalized spacial score (nSPS) is 19.3. The van der Waals surface area contributed by atoms with Gasteiger partial charge in [-0.2, -0.15) is 0 Å². The zero-order chi connectivity index (χ0) is 15.5. The molecule has 1 N–H and O–H groups in total. The maximum atomic E-state index is 11.1. The number of hydrogen-bond donors (Lipinski definition) is 1. The van der Waals surface area contributed by atoms with Crippen molar-refractivity contribution in [2.75, 3.05) is 31.1 Å². The van der Waals surface area contributed by atoms with Crippen LogP contribution in [0.5, 0.6) is 0 Å². The summed E-state index contributed by atoms with van der Waals surface area (Å²) in [5.74, 6) is 0.0318. The molecule has 1 aromatic carbocycles. The molecule has 1 aromatic rings. The number of amides is 1. The Morgan fingerprint density at radius 3 is 2.73 bits per heavy atom. The van der Waals surface area contributed by atoms with Gasteiger partial charge in [0.25, 0.3) is 0 Å². The molecule has 0 atom stereocenters. The molecule has 0 aliphatic carbocycles. The van der Waals surface area contributed by atoms with E-state index in [1.807, 2.05) is 0 Å². The number of rotatable bonds is 4. The van der Waals surface area contributed by atoms with Crippen LogP contribution >= 0.6 is 0 Å². The molecule has 0 aromatic heterocycles. The minimum atomic E-state index is 0.0318.